The van der Waals surface area contributed by atoms with E-state index in [9.17, 15) is 19.3 Å². The van der Waals surface area contributed by atoms with Crippen molar-refractivity contribution < 1.29 is 14.1 Å². The molecule has 9 heteroatoms. The number of nitro groups is 1. The van der Waals surface area contributed by atoms with E-state index in [0.29, 0.717) is 5.52 Å². The van der Waals surface area contributed by atoms with Gasteiger partial charge in [-0.2, -0.15) is 0 Å². The number of nitrogens with zero attached hydrogens (tertiary/aromatic N) is 3. The third kappa shape index (κ3) is 3.46. The second-order valence-corrected chi connectivity index (χ2v) is 5.55. The van der Waals surface area contributed by atoms with E-state index in [1.807, 2.05) is 0 Å². The average Bonchev–Trinajstić information content (AvgIpc) is 2.62. The van der Waals surface area contributed by atoms with Crippen molar-refractivity contribution in [3.05, 3.63) is 69.0 Å². The molecular weight excluding hydrogens is 343 g/mol. The van der Waals surface area contributed by atoms with E-state index in [2.05, 4.69) is 9.97 Å². The molecule has 3 rings (SSSR count). The van der Waals surface area contributed by atoms with E-state index in [0.717, 1.165) is 0 Å². The van der Waals surface area contributed by atoms with Gasteiger partial charge in [-0.1, -0.05) is 12.1 Å². The molecule has 8 nitrogen and oxygen atoms in total. The van der Waals surface area contributed by atoms with Crippen molar-refractivity contribution in [1.82, 2.24) is 9.97 Å². The minimum Gasteiger partial charge on any atom is -0.489 e. The summed E-state index contributed by atoms with van der Waals surface area (Å²) in [5.41, 5.74) is -0.0338. The predicted molar refractivity (Wildman–Crippen MR) is 94.2 cm³/mol. The lowest BCUT2D eigenvalue weighted by Gasteiger charge is -2.19. The highest BCUT2D eigenvalue weighted by Crippen LogP contribution is 2.30. The predicted octanol–water partition coefficient (Wildman–Crippen LogP) is 2.49. The highest BCUT2D eigenvalue weighted by molar-refractivity contribution is 5.86. The van der Waals surface area contributed by atoms with Gasteiger partial charge in [-0.05, 0) is 18.2 Å². The summed E-state index contributed by atoms with van der Waals surface area (Å²) in [5.74, 6) is -0.364. The first-order chi connectivity index (χ1) is 12.5. The molecular formula is C17H15FN4O4. The Morgan fingerprint density at radius 2 is 2.12 bits per heavy atom. The highest BCUT2D eigenvalue weighted by Gasteiger charge is 2.20. The number of hydrogen-bond donors (Lipinski definition) is 1. The van der Waals surface area contributed by atoms with Crippen molar-refractivity contribution >= 4 is 22.3 Å². The molecule has 0 spiro atoms. The van der Waals surface area contributed by atoms with Crippen molar-refractivity contribution in [2.75, 3.05) is 25.1 Å². The number of rotatable bonds is 6. The molecule has 134 valence electrons. The Morgan fingerprint density at radius 3 is 2.85 bits per heavy atom. The zero-order chi connectivity index (χ0) is 18.7. The van der Waals surface area contributed by atoms with E-state index in [4.69, 9.17) is 4.74 Å². The van der Waals surface area contributed by atoms with Gasteiger partial charge in [-0.15, -0.1) is 0 Å². The van der Waals surface area contributed by atoms with Crippen LogP contribution >= 0.6 is 0 Å². The minimum absolute atomic E-state index is 0.113. The molecule has 26 heavy (non-hydrogen) atoms. The van der Waals surface area contributed by atoms with Gasteiger partial charge in [0.1, 0.15) is 12.3 Å². The molecule has 0 amide bonds. The zero-order valence-corrected chi connectivity index (χ0v) is 13.8. The van der Waals surface area contributed by atoms with Crippen LogP contribution in [0.15, 0.2) is 47.5 Å². The fourth-order valence-electron chi connectivity index (χ4n) is 2.52. The van der Waals surface area contributed by atoms with Crippen molar-refractivity contribution in [3.8, 4) is 5.75 Å². The number of anilines is 1. The Morgan fingerprint density at radius 1 is 1.35 bits per heavy atom. The SMILES string of the molecule is CN(CCOc1ccccc1F)c1cc2nc[nH]c(=O)c2cc1[N+](=O)[O-]. The molecule has 0 atom stereocenters. The van der Waals surface area contributed by atoms with Gasteiger partial charge < -0.3 is 14.6 Å². The standard InChI is InChI=1S/C17H15FN4O4/c1-21(6-7-26-16-5-3-2-4-12(16)18)14-9-13-11(8-15(14)22(24)25)17(23)20-10-19-13/h2-5,8-10H,6-7H2,1H3,(H,19,20,23). The number of hydrogen-bond acceptors (Lipinski definition) is 6. The average molecular weight is 358 g/mol. The summed E-state index contributed by atoms with van der Waals surface area (Å²) in [6.45, 7) is 0.388. The van der Waals surface area contributed by atoms with Gasteiger partial charge in [0.2, 0.25) is 0 Å². The minimum atomic E-state index is -0.560. The normalized spacial score (nSPS) is 10.7. The summed E-state index contributed by atoms with van der Waals surface area (Å²) >= 11 is 0. The third-order valence-electron chi connectivity index (χ3n) is 3.87. The molecule has 0 aliphatic carbocycles. The Labute approximate surface area is 147 Å². The first kappa shape index (κ1) is 17.3. The Balaban J connectivity index is 1.84. The first-order valence-corrected chi connectivity index (χ1v) is 7.71. The van der Waals surface area contributed by atoms with Crippen LogP contribution in [0.4, 0.5) is 15.8 Å². The van der Waals surface area contributed by atoms with Crippen LogP contribution in [0.1, 0.15) is 0 Å². The zero-order valence-electron chi connectivity index (χ0n) is 13.8. The number of halogens is 1. The topological polar surface area (TPSA) is 101 Å². The van der Waals surface area contributed by atoms with Crippen LogP contribution in [-0.4, -0.2) is 35.1 Å². The summed E-state index contributed by atoms with van der Waals surface area (Å²) in [6, 6.07) is 8.68. The maximum atomic E-state index is 13.6. The maximum absolute atomic E-state index is 13.6. The fraction of sp³-hybridized carbons (Fsp3) is 0.176. The van der Waals surface area contributed by atoms with E-state index in [-0.39, 0.29) is 35.7 Å². The van der Waals surface area contributed by atoms with Crippen LogP contribution in [0, 0.1) is 15.9 Å². The Kier molecular flexibility index (Phi) is 4.78. The third-order valence-corrected chi connectivity index (χ3v) is 3.87. The smallest absolute Gasteiger partial charge is 0.293 e. The lowest BCUT2D eigenvalue weighted by Crippen LogP contribution is -2.25. The van der Waals surface area contributed by atoms with Crippen LogP contribution in [0.25, 0.3) is 10.9 Å². The van der Waals surface area contributed by atoms with Gasteiger partial charge >= 0.3 is 0 Å². The van der Waals surface area contributed by atoms with Crippen LogP contribution in [0.3, 0.4) is 0 Å². The summed E-state index contributed by atoms with van der Waals surface area (Å²) in [6.07, 6.45) is 1.24. The van der Waals surface area contributed by atoms with E-state index < -0.39 is 16.3 Å². The van der Waals surface area contributed by atoms with Crippen LogP contribution in [0.5, 0.6) is 5.75 Å². The van der Waals surface area contributed by atoms with E-state index >= 15 is 0 Å². The number of aromatic nitrogens is 2. The maximum Gasteiger partial charge on any atom is 0.293 e. The number of fused-ring (bicyclic) bond motifs is 1. The molecule has 0 saturated heterocycles. The monoisotopic (exact) mass is 358 g/mol. The molecule has 1 aromatic heterocycles. The second kappa shape index (κ2) is 7.18. The molecule has 0 aliphatic rings. The summed E-state index contributed by atoms with van der Waals surface area (Å²) in [4.78, 5) is 30.7. The van der Waals surface area contributed by atoms with Gasteiger partial charge in [-0.3, -0.25) is 14.9 Å². The number of para-hydroxylation sites is 1. The molecule has 3 aromatic rings. The second-order valence-electron chi connectivity index (χ2n) is 5.55. The molecule has 0 unspecified atom stereocenters. The molecule has 1 N–H and O–H groups in total. The number of likely N-dealkylation sites (N-methyl/N-ethyl adjacent to an activating group) is 1. The lowest BCUT2D eigenvalue weighted by atomic mass is 10.1. The number of nitrogens with one attached hydrogen (secondary N) is 1. The summed E-state index contributed by atoms with van der Waals surface area (Å²) < 4.78 is 18.9. The van der Waals surface area contributed by atoms with Crippen molar-refractivity contribution in [2.24, 2.45) is 0 Å². The van der Waals surface area contributed by atoms with Gasteiger partial charge in [-0.25, -0.2) is 9.37 Å². The van der Waals surface area contributed by atoms with E-state index in [1.165, 1.54) is 30.6 Å². The summed E-state index contributed by atoms with van der Waals surface area (Å²) in [7, 11) is 1.64. The lowest BCUT2D eigenvalue weighted by molar-refractivity contribution is -0.384. The van der Waals surface area contributed by atoms with Crippen LogP contribution < -0.4 is 15.2 Å². The molecule has 0 saturated carbocycles. The Bertz CT molecular complexity index is 1020. The first-order valence-electron chi connectivity index (χ1n) is 7.71. The Hall–Kier alpha value is -3.49. The fourth-order valence-corrected chi connectivity index (χ4v) is 2.52. The van der Waals surface area contributed by atoms with Crippen molar-refractivity contribution in [1.29, 1.82) is 0 Å². The number of H-pyrrole nitrogens is 1. The van der Waals surface area contributed by atoms with Crippen molar-refractivity contribution in [2.45, 2.75) is 0 Å². The largest absolute Gasteiger partial charge is 0.489 e. The van der Waals surface area contributed by atoms with Crippen molar-refractivity contribution in [3.63, 3.8) is 0 Å². The number of ether oxygens (including phenoxy) is 1. The quantitative estimate of drug-likeness (QED) is 0.537. The van der Waals surface area contributed by atoms with Crippen LogP contribution in [0.2, 0.25) is 0 Å². The van der Waals surface area contributed by atoms with Gasteiger partial charge in [0.05, 0.1) is 28.7 Å². The van der Waals surface area contributed by atoms with Gasteiger partial charge in [0.15, 0.2) is 11.6 Å². The molecule has 0 radical (unpaired) electrons. The van der Waals surface area contributed by atoms with E-state index in [1.54, 1.807) is 24.1 Å². The molecule has 1 heterocycles. The highest BCUT2D eigenvalue weighted by atomic mass is 19.1. The van der Waals surface area contributed by atoms with Gasteiger partial charge in [0, 0.05) is 13.1 Å². The number of nitro benzene ring substituents is 1. The number of benzene rings is 2. The number of aromatic amines is 1. The molecule has 0 fully saturated rings. The molecule has 0 aliphatic heterocycles. The van der Waals surface area contributed by atoms with Gasteiger partial charge in [0.25, 0.3) is 11.2 Å². The van der Waals surface area contributed by atoms with Crippen LogP contribution in [-0.2, 0) is 0 Å². The summed E-state index contributed by atoms with van der Waals surface area (Å²) in [5, 5.41) is 11.5. The molecule has 2 aromatic carbocycles. The molecule has 0 bridgehead atoms.